The fourth-order valence-electron chi connectivity index (χ4n) is 2.41. The van der Waals surface area contributed by atoms with Crippen LogP contribution in [0.3, 0.4) is 0 Å². The van der Waals surface area contributed by atoms with Gasteiger partial charge in [0.05, 0.1) is 11.0 Å². The van der Waals surface area contributed by atoms with E-state index in [0.29, 0.717) is 29.6 Å². The Balaban J connectivity index is 1.62. The van der Waals surface area contributed by atoms with E-state index in [4.69, 9.17) is 5.73 Å². The van der Waals surface area contributed by atoms with Crippen molar-refractivity contribution in [1.82, 2.24) is 15.3 Å². The van der Waals surface area contributed by atoms with Crippen molar-refractivity contribution < 1.29 is 9.59 Å². The Morgan fingerprint density at radius 2 is 1.75 bits per heavy atom. The Morgan fingerprint density at radius 1 is 0.958 bits per heavy atom. The van der Waals surface area contributed by atoms with Gasteiger partial charge in [0, 0.05) is 30.1 Å². The number of primary amides is 1. The first-order valence-corrected chi connectivity index (χ1v) is 7.51. The molecule has 6 heteroatoms. The van der Waals surface area contributed by atoms with E-state index in [9.17, 15) is 9.59 Å². The van der Waals surface area contributed by atoms with Gasteiger partial charge in [0.15, 0.2) is 0 Å². The van der Waals surface area contributed by atoms with Gasteiger partial charge in [-0.25, -0.2) is 0 Å². The van der Waals surface area contributed by atoms with E-state index in [0.717, 1.165) is 11.1 Å². The second kappa shape index (κ2) is 6.87. The van der Waals surface area contributed by atoms with Crippen molar-refractivity contribution in [3.05, 3.63) is 71.5 Å². The van der Waals surface area contributed by atoms with Gasteiger partial charge in [-0.15, -0.1) is 0 Å². The second-order valence-electron chi connectivity index (χ2n) is 5.33. The van der Waals surface area contributed by atoms with Crippen LogP contribution >= 0.6 is 0 Å². The molecule has 0 atom stereocenters. The lowest BCUT2D eigenvalue weighted by molar-refractivity contribution is 0.0952. The average molecular weight is 320 g/mol. The molecule has 0 bridgehead atoms. The maximum absolute atomic E-state index is 12.2. The number of nitrogens with one attached hydrogen (secondary N) is 1. The number of hydrogen-bond acceptors (Lipinski definition) is 4. The van der Waals surface area contributed by atoms with Gasteiger partial charge in [-0.2, -0.15) is 0 Å². The lowest BCUT2D eigenvalue weighted by atomic mass is 10.1. The van der Waals surface area contributed by atoms with Crippen LogP contribution < -0.4 is 11.1 Å². The SMILES string of the molecule is NC(=O)c1cccc(CCNC(=O)c2ccc3nccnc3c2)c1. The first kappa shape index (κ1) is 15.6. The molecule has 2 aromatic carbocycles. The van der Waals surface area contributed by atoms with Crippen molar-refractivity contribution in [2.45, 2.75) is 6.42 Å². The maximum atomic E-state index is 12.2. The van der Waals surface area contributed by atoms with Crippen LogP contribution in [-0.2, 0) is 6.42 Å². The van der Waals surface area contributed by atoms with Gasteiger partial charge in [0.1, 0.15) is 0 Å². The predicted molar refractivity (Wildman–Crippen MR) is 90.5 cm³/mol. The number of hydrogen-bond donors (Lipinski definition) is 2. The van der Waals surface area contributed by atoms with Gasteiger partial charge in [-0.05, 0) is 42.3 Å². The molecule has 0 radical (unpaired) electrons. The molecule has 0 unspecified atom stereocenters. The van der Waals surface area contributed by atoms with Crippen LogP contribution in [0.4, 0.5) is 0 Å². The summed E-state index contributed by atoms with van der Waals surface area (Å²) in [6, 6.07) is 12.3. The topological polar surface area (TPSA) is 98.0 Å². The summed E-state index contributed by atoms with van der Waals surface area (Å²) in [6.07, 6.45) is 3.82. The van der Waals surface area contributed by atoms with Gasteiger partial charge < -0.3 is 11.1 Å². The number of nitrogens with zero attached hydrogens (tertiary/aromatic N) is 2. The summed E-state index contributed by atoms with van der Waals surface area (Å²) in [5, 5.41) is 2.86. The Labute approximate surface area is 138 Å². The fraction of sp³-hybridized carbons (Fsp3) is 0.111. The summed E-state index contributed by atoms with van der Waals surface area (Å²) in [5.74, 6) is -0.633. The number of carbonyl (C=O) groups excluding carboxylic acids is 2. The van der Waals surface area contributed by atoms with E-state index < -0.39 is 5.91 Å². The van der Waals surface area contributed by atoms with Gasteiger partial charge >= 0.3 is 0 Å². The lowest BCUT2D eigenvalue weighted by Gasteiger charge is -2.07. The molecule has 0 aliphatic heterocycles. The molecule has 3 rings (SSSR count). The van der Waals surface area contributed by atoms with Crippen LogP contribution in [0.1, 0.15) is 26.3 Å². The Bertz CT molecular complexity index is 908. The first-order valence-electron chi connectivity index (χ1n) is 7.51. The van der Waals surface area contributed by atoms with Crippen molar-refractivity contribution in [3.63, 3.8) is 0 Å². The predicted octanol–water partition coefficient (Wildman–Crippen LogP) is 1.70. The standard InChI is InChI=1S/C18H16N4O2/c19-17(23)13-3-1-2-12(10-13)6-7-22-18(24)14-4-5-15-16(11-14)21-9-8-20-15/h1-5,8-11H,6-7H2,(H2,19,23)(H,22,24). The molecule has 0 aliphatic carbocycles. The van der Waals surface area contributed by atoms with E-state index in [1.54, 1.807) is 48.8 Å². The summed E-state index contributed by atoms with van der Waals surface area (Å²) in [5.41, 5.74) is 8.63. The summed E-state index contributed by atoms with van der Waals surface area (Å²) < 4.78 is 0. The summed E-state index contributed by atoms with van der Waals surface area (Å²) >= 11 is 0. The van der Waals surface area contributed by atoms with Crippen LogP contribution in [0.2, 0.25) is 0 Å². The fourth-order valence-corrected chi connectivity index (χ4v) is 2.41. The van der Waals surface area contributed by atoms with E-state index >= 15 is 0 Å². The molecule has 24 heavy (non-hydrogen) atoms. The number of fused-ring (bicyclic) bond motifs is 1. The third-order valence-electron chi connectivity index (χ3n) is 3.64. The molecule has 1 heterocycles. The minimum Gasteiger partial charge on any atom is -0.366 e. The normalized spacial score (nSPS) is 10.5. The van der Waals surface area contributed by atoms with Gasteiger partial charge in [0.25, 0.3) is 5.91 Å². The van der Waals surface area contributed by atoms with E-state index in [1.807, 2.05) is 6.07 Å². The quantitative estimate of drug-likeness (QED) is 0.747. The summed E-state index contributed by atoms with van der Waals surface area (Å²) in [7, 11) is 0. The Hall–Kier alpha value is -3.28. The van der Waals surface area contributed by atoms with Crippen molar-refractivity contribution in [2.24, 2.45) is 5.73 Å². The van der Waals surface area contributed by atoms with Crippen molar-refractivity contribution in [3.8, 4) is 0 Å². The largest absolute Gasteiger partial charge is 0.366 e. The highest BCUT2D eigenvalue weighted by Crippen LogP contribution is 2.11. The van der Waals surface area contributed by atoms with E-state index in [-0.39, 0.29) is 5.91 Å². The third-order valence-corrected chi connectivity index (χ3v) is 3.64. The van der Waals surface area contributed by atoms with Crippen LogP contribution in [-0.4, -0.2) is 28.3 Å². The smallest absolute Gasteiger partial charge is 0.251 e. The molecule has 3 aromatic rings. The number of nitrogens with two attached hydrogens (primary N) is 1. The minimum atomic E-state index is -0.460. The number of carbonyl (C=O) groups is 2. The number of benzene rings is 2. The molecular formula is C18H16N4O2. The zero-order valence-electron chi connectivity index (χ0n) is 12.9. The highest BCUT2D eigenvalue weighted by atomic mass is 16.2. The molecule has 1 aromatic heterocycles. The molecule has 0 fully saturated rings. The zero-order chi connectivity index (χ0) is 16.9. The van der Waals surface area contributed by atoms with Gasteiger partial charge in [-0.3, -0.25) is 19.6 Å². The molecule has 6 nitrogen and oxygen atoms in total. The van der Waals surface area contributed by atoms with Crippen molar-refractivity contribution in [1.29, 1.82) is 0 Å². The Kier molecular flexibility index (Phi) is 4.47. The van der Waals surface area contributed by atoms with Gasteiger partial charge in [-0.1, -0.05) is 12.1 Å². The lowest BCUT2D eigenvalue weighted by Crippen LogP contribution is -2.25. The van der Waals surface area contributed by atoms with Crippen molar-refractivity contribution in [2.75, 3.05) is 6.54 Å². The van der Waals surface area contributed by atoms with E-state index in [2.05, 4.69) is 15.3 Å². The van der Waals surface area contributed by atoms with Crippen LogP contribution in [0, 0.1) is 0 Å². The molecule has 0 spiro atoms. The van der Waals surface area contributed by atoms with Crippen LogP contribution in [0.25, 0.3) is 11.0 Å². The minimum absolute atomic E-state index is 0.173. The monoisotopic (exact) mass is 320 g/mol. The third kappa shape index (κ3) is 3.55. The Morgan fingerprint density at radius 3 is 2.54 bits per heavy atom. The number of amides is 2. The zero-order valence-corrected chi connectivity index (χ0v) is 12.9. The second-order valence-corrected chi connectivity index (χ2v) is 5.33. The highest BCUT2D eigenvalue weighted by molar-refractivity contribution is 5.97. The molecule has 2 amide bonds. The molecular weight excluding hydrogens is 304 g/mol. The molecule has 0 aliphatic rings. The average Bonchev–Trinajstić information content (AvgIpc) is 2.61. The summed E-state index contributed by atoms with van der Waals surface area (Å²) in [6.45, 7) is 0.458. The van der Waals surface area contributed by atoms with Crippen LogP contribution in [0.5, 0.6) is 0 Å². The van der Waals surface area contributed by atoms with Gasteiger partial charge in [0.2, 0.25) is 5.91 Å². The molecule has 120 valence electrons. The molecule has 3 N–H and O–H groups in total. The first-order chi connectivity index (χ1) is 11.6. The molecule has 0 saturated carbocycles. The van der Waals surface area contributed by atoms with Crippen LogP contribution in [0.15, 0.2) is 54.9 Å². The summed E-state index contributed by atoms with van der Waals surface area (Å²) in [4.78, 5) is 31.8. The maximum Gasteiger partial charge on any atom is 0.251 e. The molecule has 0 saturated heterocycles. The number of aromatic nitrogens is 2. The number of rotatable bonds is 5. The van der Waals surface area contributed by atoms with E-state index in [1.165, 1.54) is 0 Å². The highest BCUT2D eigenvalue weighted by Gasteiger charge is 2.07. The van der Waals surface area contributed by atoms with Crippen molar-refractivity contribution >= 4 is 22.8 Å².